The van der Waals surface area contributed by atoms with Crippen molar-refractivity contribution in [1.82, 2.24) is 25.1 Å². The molecule has 6 unspecified atom stereocenters. The third-order valence-electron chi connectivity index (χ3n) is 14.6. The lowest BCUT2D eigenvalue weighted by Crippen LogP contribution is -2.66. The van der Waals surface area contributed by atoms with Crippen molar-refractivity contribution in [1.29, 1.82) is 0 Å². The summed E-state index contributed by atoms with van der Waals surface area (Å²) in [5, 5.41) is 71.3. The number of nitrogens with one attached hydrogen (secondary N) is 3. The van der Waals surface area contributed by atoms with Gasteiger partial charge in [0.2, 0.25) is 17.7 Å². The van der Waals surface area contributed by atoms with Gasteiger partial charge in [0.15, 0.2) is 0 Å². The van der Waals surface area contributed by atoms with E-state index in [1.807, 2.05) is 48.5 Å². The smallest absolute Gasteiger partial charge is 0.419 e. The number of nitrogens with zero attached hydrogens (tertiary/aromatic N) is 2. The minimum Gasteiger partial charge on any atom is -0.459 e. The second-order valence-corrected chi connectivity index (χ2v) is 23.6. The molecule has 0 aliphatic carbocycles. The SMILES string of the molecule is CC(C)(C)OC(=O)n1c(C[C@H](NC(=O)C(N)[C@@H]2OC(CN)[C@@H](O)[C@H](O)C2O)C(=O)NCc2ccccc2)cc2ccccc21.CC(C)(C)OC(=O)n1c(C[C@H](NC(=O)C(N)[C@@H]2OC(CN)[C@@H](O)[C@H](O)C2O)C(=O)OCc2ccccc2)cc2ccccc21. The number of esters is 1. The Kier molecular flexibility index (Phi) is 22.8. The molecule has 17 N–H and O–H groups in total. The lowest BCUT2D eigenvalue weighted by atomic mass is 9.91. The first-order valence-electron chi connectivity index (χ1n) is 28.7. The summed E-state index contributed by atoms with van der Waals surface area (Å²) in [5.41, 5.74) is 25.4. The van der Waals surface area contributed by atoms with Crippen molar-refractivity contribution in [2.45, 2.75) is 164 Å². The van der Waals surface area contributed by atoms with Gasteiger partial charge in [0.1, 0.15) is 90.8 Å². The second kappa shape index (κ2) is 29.5. The number of benzene rings is 4. The van der Waals surface area contributed by atoms with Crippen LogP contribution >= 0.6 is 0 Å². The van der Waals surface area contributed by atoms with E-state index in [4.69, 9.17) is 46.6 Å². The third-order valence-corrected chi connectivity index (χ3v) is 14.6. The van der Waals surface area contributed by atoms with Crippen LogP contribution in [0, 0.1) is 0 Å². The zero-order valence-electron chi connectivity index (χ0n) is 49.8. The first kappa shape index (κ1) is 67.8. The molecule has 8 rings (SSSR count). The average molecular weight is 1220 g/mol. The van der Waals surface area contributed by atoms with Crippen molar-refractivity contribution in [3.8, 4) is 0 Å². The summed E-state index contributed by atoms with van der Waals surface area (Å²) in [5.74, 6) is -3.14. The van der Waals surface area contributed by atoms with Crippen molar-refractivity contribution in [3.63, 3.8) is 0 Å². The van der Waals surface area contributed by atoms with Crippen LogP contribution in [0.15, 0.2) is 121 Å². The van der Waals surface area contributed by atoms with Crippen LogP contribution in [0.1, 0.15) is 64.1 Å². The quantitative estimate of drug-likeness (QED) is 0.0405. The van der Waals surface area contributed by atoms with Crippen molar-refractivity contribution in [2.24, 2.45) is 22.9 Å². The molecule has 0 radical (unpaired) electrons. The highest BCUT2D eigenvalue weighted by atomic mass is 16.6. The number of carbonyl (C=O) groups is 6. The molecular weight excluding hydrogens is 1140 g/mol. The van der Waals surface area contributed by atoms with E-state index in [-0.39, 0.29) is 39.1 Å². The minimum absolute atomic E-state index is 0.0835. The molecule has 0 saturated carbocycles. The topological polar surface area (TPSA) is 420 Å². The highest BCUT2D eigenvalue weighted by Gasteiger charge is 2.49. The van der Waals surface area contributed by atoms with Crippen molar-refractivity contribution in [2.75, 3.05) is 13.1 Å². The number of hydrogen-bond acceptors (Lipinski definition) is 21. The van der Waals surface area contributed by atoms with Gasteiger partial charge in [0, 0.05) is 54.6 Å². The summed E-state index contributed by atoms with van der Waals surface area (Å²) in [4.78, 5) is 80.6. The molecule has 2 saturated heterocycles. The number of para-hydroxylation sites is 2. The molecule has 2 aliphatic rings. The lowest BCUT2D eigenvalue weighted by Gasteiger charge is -2.42. The maximum Gasteiger partial charge on any atom is 0.419 e. The summed E-state index contributed by atoms with van der Waals surface area (Å²) >= 11 is 0. The fourth-order valence-corrected chi connectivity index (χ4v) is 10.1. The van der Waals surface area contributed by atoms with Crippen molar-refractivity contribution < 1.29 is 83.1 Å². The molecule has 2 aromatic heterocycles. The van der Waals surface area contributed by atoms with Gasteiger partial charge in [0.25, 0.3) is 0 Å². The lowest BCUT2D eigenvalue weighted by molar-refractivity contribution is -0.223. The Labute approximate surface area is 508 Å². The summed E-state index contributed by atoms with van der Waals surface area (Å²) in [6, 6.07) is 30.1. The molecule has 2 aliphatic heterocycles. The molecule has 26 heteroatoms. The van der Waals surface area contributed by atoms with Crippen molar-refractivity contribution in [3.05, 3.63) is 144 Å². The maximum absolute atomic E-state index is 13.6. The van der Waals surface area contributed by atoms with Crippen LogP contribution < -0.4 is 38.9 Å². The average Bonchev–Trinajstić information content (AvgIpc) is 2.95. The Morgan fingerprint density at radius 2 is 0.909 bits per heavy atom. The number of aromatic nitrogens is 2. The van der Waals surface area contributed by atoms with E-state index in [1.54, 1.807) is 114 Å². The second-order valence-electron chi connectivity index (χ2n) is 23.6. The van der Waals surface area contributed by atoms with E-state index in [0.717, 1.165) is 10.9 Å². The van der Waals surface area contributed by atoms with E-state index >= 15 is 0 Å². The number of ether oxygens (including phenoxy) is 5. The van der Waals surface area contributed by atoms with E-state index in [0.29, 0.717) is 33.4 Å². The maximum atomic E-state index is 13.6. The van der Waals surface area contributed by atoms with E-state index < -0.39 is 132 Å². The summed E-state index contributed by atoms with van der Waals surface area (Å²) in [6.07, 6.45) is -16.4. The molecule has 6 aromatic rings. The number of carbonyl (C=O) groups excluding carboxylic acids is 6. The van der Waals surface area contributed by atoms with Gasteiger partial charge in [-0.15, -0.1) is 0 Å². The largest absolute Gasteiger partial charge is 0.459 e. The van der Waals surface area contributed by atoms with Crippen molar-refractivity contribution >= 4 is 57.7 Å². The monoisotopic (exact) mass is 1220 g/mol. The number of hydrogen-bond donors (Lipinski definition) is 13. The molecule has 26 nitrogen and oxygen atoms in total. The molecule has 88 heavy (non-hydrogen) atoms. The molecule has 0 bridgehead atoms. The van der Waals surface area contributed by atoms with Crippen LogP contribution in [0.2, 0.25) is 0 Å². The zero-order chi connectivity index (χ0) is 64.4. The molecule has 4 aromatic carbocycles. The number of amides is 3. The number of aliphatic hydroxyl groups is 6. The van der Waals surface area contributed by atoms with Gasteiger partial charge in [-0.05, 0) is 76.9 Å². The van der Waals surface area contributed by atoms with Crippen LogP contribution in [0.25, 0.3) is 21.8 Å². The predicted octanol–water partition coefficient (Wildman–Crippen LogP) is 0.236. The standard InChI is InChI=1S/C31H41N5O8.C31H40N4O9/c1-31(2,3)44-30(42)36-19(13-18-11-7-8-12-21(18)36)14-20(28(40)34-16-17-9-5-4-6-10-17)35-29(41)23(33)27-26(39)25(38)24(37)22(15-32)43-27;1-31(2,3)44-30(41)35-19(13-18-11-7-8-12-21(18)35)14-20(29(40)42-16-17-9-5-4-6-10-17)34-28(39)23(33)27-26(38)25(37)24(36)22(15-32)43-27/h4-13,20,22-27,37-39H,14-16,32-33H2,1-3H3,(H,34,40)(H,35,41);4-13,20,22-27,36-38H,14-16,32-33H2,1-3H3,(H,34,39)/t2*20-,22?,23?,24+,25-,26?,27-/m00/s1. The van der Waals surface area contributed by atoms with Gasteiger partial charge >= 0.3 is 18.2 Å². The van der Waals surface area contributed by atoms with Gasteiger partial charge in [-0.2, -0.15) is 0 Å². The van der Waals surface area contributed by atoms with Gasteiger partial charge in [-0.3, -0.25) is 14.4 Å². The Bertz CT molecular complexity index is 3130. The van der Waals surface area contributed by atoms with Gasteiger partial charge < -0.3 is 93.2 Å². The number of nitrogens with two attached hydrogens (primary N) is 4. The first-order chi connectivity index (χ1) is 41.6. The van der Waals surface area contributed by atoms with Crippen LogP contribution in [0.3, 0.4) is 0 Å². The number of aliphatic hydroxyl groups excluding tert-OH is 6. The first-order valence-corrected chi connectivity index (χ1v) is 28.7. The Morgan fingerprint density at radius 3 is 1.33 bits per heavy atom. The fraction of sp³-hybridized carbons (Fsp3) is 0.452. The molecule has 4 heterocycles. The Balaban J connectivity index is 0.000000251. The normalized spacial score (nSPS) is 23.5. The van der Waals surface area contributed by atoms with Crippen LogP contribution in [-0.4, -0.2) is 185 Å². The van der Waals surface area contributed by atoms with Gasteiger partial charge in [-0.25, -0.2) is 23.5 Å². The molecule has 476 valence electrons. The summed E-state index contributed by atoms with van der Waals surface area (Å²) in [7, 11) is 0. The van der Waals surface area contributed by atoms with E-state index in [1.165, 1.54) is 9.13 Å². The number of fused-ring (bicyclic) bond motifs is 2. The highest BCUT2D eigenvalue weighted by Crippen LogP contribution is 2.28. The Hall–Kier alpha value is -7.70. The number of rotatable bonds is 18. The Morgan fingerprint density at radius 1 is 0.523 bits per heavy atom. The summed E-state index contributed by atoms with van der Waals surface area (Å²) in [6.45, 7) is 10.1. The fourth-order valence-electron chi connectivity index (χ4n) is 10.1. The minimum atomic E-state index is -1.72. The molecule has 2 fully saturated rings. The molecule has 3 amide bonds. The van der Waals surface area contributed by atoms with E-state index in [2.05, 4.69) is 16.0 Å². The highest BCUT2D eigenvalue weighted by molar-refractivity contribution is 5.94. The van der Waals surface area contributed by atoms with Crippen LogP contribution in [0.4, 0.5) is 9.59 Å². The zero-order valence-corrected chi connectivity index (χ0v) is 49.8. The van der Waals surface area contributed by atoms with Gasteiger partial charge in [0.05, 0.1) is 23.2 Å². The van der Waals surface area contributed by atoms with E-state index in [9.17, 15) is 59.4 Å². The molecule has 14 atom stereocenters. The van der Waals surface area contributed by atoms with Gasteiger partial charge in [-0.1, -0.05) is 97.1 Å². The van der Waals surface area contributed by atoms with Crippen LogP contribution in [0.5, 0.6) is 0 Å². The predicted molar refractivity (Wildman–Crippen MR) is 320 cm³/mol. The summed E-state index contributed by atoms with van der Waals surface area (Å²) < 4.78 is 30.7. The molecule has 0 spiro atoms. The third kappa shape index (κ3) is 16.9. The van der Waals surface area contributed by atoms with Crippen LogP contribution in [-0.2, 0) is 68.9 Å². The molecular formula is C62H81N9O17.